The van der Waals surface area contributed by atoms with Crippen molar-refractivity contribution in [3.8, 4) is 5.75 Å². The maximum atomic E-state index is 14.0. The molecule has 42 heavy (non-hydrogen) atoms. The van der Waals surface area contributed by atoms with Gasteiger partial charge in [-0.1, -0.05) is 25.1 Å². The minimum atomic E-state index is -4.53. The Morgan fingerprint density at radius 3 is 2.24 bits per heavy atom. The molecular weight excluding hydrogens is 567 g/mol. The van der Waals surface area contributed by atoms with Crippen LogP contribution in [0.15, 0.2) is 71.6 Å². The van der Waals surface area contributed by atoms with Gasteiger partial charge in [-0.3, -0.25) is 24.0 Å². The monoisotopic (exact) mass is 600 g/mol. The number of ether oxygens (including phenoxy) is 1. The van der Waals surface area contributed by atoms with Gasteiger partial charge in [-0.15, -0.1) is 0 Å². The second-order valence-corrected chi connectivity index (χ2v) is 11.2. The van der Waals surface area contributed by atoms with E-state index in [1.54, 1.807) is 13.8 Å². The maximum absolute atomic E-state index is 14.0. The Hall–Kier alpha value is -4.52. The van der Waals surface area contributed by atoms with Crippen LogP contribution in [-0.4, -0.2) is 56.3 Å². The summed E-state index contributed by atoms with van der Waals surface area (Å²) in [7, 11) is -3.08. The Labute approximate surface area is 244 Å². The number of methoxy groups -OCH3 is 1. The number of nitrogens with zero attached hydrogens (tertiary/aromatic N) is 3. The first-order valence-corrected chi connectivity index (χ1v) is 14.6. The van der Waals surface area contributed by atoms with Crippen molar-refractivity contribution in [2.75, 3.05) is 24.5 Å². The van der Waals surface area contributed by atoms with Crippen LogP contribution in [0.5, 0.6) is 5.75 Å². The molecular formula is C29H33FN4O7S. The fraction of sp³-hybridized carbons (Fsp3) is 0.310. The zero-order valence-electron chi connectivity index (χ0n) is 23.7. The molecule has 224 valence electrons. The third-order valence-electron chi connectivity index (χ3n) is 6.61. The van der Waals surface area contributed by atoms with Crippen molar-refractivity contribution < 1.29 is 32.1 Å². The van der Waals surface area contributed by atoms with Gasteiger partial charge in [-0.05, 0) is 68.3 Å². The molecule has 2 amide bonds. The highest BCUT2D eigenvalue weighted by atomic mass is 32.2. The summed E-state index contributed by atoms with van der Waals surface area (Å²) in [6, 6.07) is 13.9. The second-order valence-electron chi connectivity index (χ2n) is 9.38. The van der Waals surface area contributed by atoms with E-state index in [0.717, 1.165) is 10.4 Å². The highest BCUT2D eigenvalue weighted by Gasteiger charge is 2.34. The SMILES string of the molecule is CCNC(=O)C(CC)N(Cc1ccc(F)cc1)C(=O)CN(c1ccc(OC)cc1)S(=O)(=O)c1ccc(C)c([N+](=O)[O-])c1. The summed E-state index contributed by atoms with van der Waals surface area (Å²) in [5.74, 6) is -1.17. The molecule has 3 aromatic carbocycles. The van der Waals surface area contributed by atoms with Crippen LogP contribution in [0.3, 0.4) is 0 Å². The molecule has 0 aliphatic rings. The molecule has 0 aliphatic heterocycles. The lowest BCUT2D eigenvalue weighted by Gasteiger charge is -2.33. The van der Waals surface area contributed by atoms with Gasteiger partial charge >= 0.3 is 0 Å². The molecule has 0 radical (unpaired) electrons. The average molecular weight is 601 g/mol. The number of hydrogen-bond donors (Lipinski definition) is 1. The van der Waals surface area contributed by atoms with Crippen LogP contribution < -0.4 is 14.4 Å². The highest BCUT2D eigenvalue weighted by molar-refractivity contribution is 7.92. The number of anilines is 1. The molecule has 0 aliphatic carbocycles. The molecule has 3 aromatic rings. The van der Waals surface area contributed by atoms with Gasteiger partial charge in [0.25, 0.3) is 15.7 Å². The highest BCUT2D eigenvalue weighted by Crippen LogP contribution is 2.29. The number of benzene rings is 3. The van der Waals surface area contributed by atoms with Crippen molar-refractivity contribution in [2.24, 2.45) is 0 Å². The number of nitrogens with one attached hydrogen (secondary N) is 1. The number of likely N-dealkylation sites (N-methyl/N-ethyl adjacent to an activating group) is 1. The first kappa shape index (κ1) is 32.0. The van der Waals surface area contributed by atoms with Crippen LogP contribution in [-0.2, 0) is 26.2 Å². The van der Waals surface area contributed by atoms with Crippen molar-refractivity contribution in [3.63, 3.8) is 0 Å². The van der Waals surface area contributed by atoms with Crippen LogP contribution in [0.4, 0.5) is 15.8 Å². The van der Waals surface area contributed by atoms with E-state index in [0.29, 0.717) is 17.9 Å². The van der Waals surface area contributed by atoms with Gasteiger partial charge in [0.05, 0.1) is 22.6 Å². The molecule has 11 nitrogen and oxygen atoms in total. The fourth-order valence-electron chi connectivity index (χ4n) is 4.35. The first-order chi connectivity index (χ1) is 19.9. The number of hydrogen-bond acceptors (Lipinski definition) is 7. The van der Waals surface area contributed by atoms with Crippen LogP contribution in [0, 0.1) is 22.9 Å². The molecule has 1 unspecified atom stereocenters. The van der Waals surface area contributed by atoms with Crippen molar-refractivity contribution in [2.45, 2.75) is 44.7 Å². The van der Waals surface area contributed by atoms with Gasteiger partial charge in [0.1, 0.15) is 24.2 Å². The molecule has 0 fully saturated rings. The van der Waals surface area contributed by atoms with Crippen LogP contribution in [0.2, 0.25) is 0 Å². The quantitative estimate of drug-likeness (QED) is 0.229. The second kappa shape index (κ2) is 13.9. The lowest BCUT2D eigenvalue weighted by molar-refractivity contribution is -0.385. The van der Waals surface area contributed by atoms with Gasteiger partial charge in [0.2, 0.25) is 11.8 Å². The molecule has 1 N–H and O–H groups in total. The van der Waals surface area contributed by atoms with Crippen molar-refractivity contribution in [1.29, 1.82) is 0 Å². The summed E-state index contributed by atoms with van der Waals surface area (Å²) in [5, 5.41) is 14.3. The van der Waals surface area contributed by atoms with E-state index in [1.165, 1.54) is 79.6 Å². The van der Waals surface area contributed by atoms with Gasteiger partial charge in [0, 0.05) is 24.7 Å². The Balaban J connectivity index is 2.11. The number of rotatable bonds is 13. The van der Waals surface area contributed by atoms with Crippen LogP contribution in [0.1, 0.15) is 31.4 Å². The van der Waals surface area contributed by atoms with E-state index < -0.39 is 50.9 Å². The van der Waals surface area contributed by atoms with Gasteiger partial charge in [0.15, 0.2) is 0 Å². The number of carbonyl (C=O) groups is 2. The van der Waals surface area contributed by atoms with Gasteiger partial charge in [-0.25, -0.2) is 12.8 Å². The molecule has 0 spiro atoms. The number of aryl methyl sites for hydroxylation is 1. The summed E-state index contributed by atoms with van der Waals surface area (Å²) >= 11 is 0. The summed E-state index contributed by atoms with van der Waals surface area (Å²) < 4.78 is 47.6. The summed E-state index contributed by atoms with van der Waals surface area (Å²) in [6.45, 7) is 4.42. The third kappa shape index (κ3) is 7.40. The number of nitro benzene ring substituents is 1. The third-order valence-corrected chi connectivity index (χ3v) is 8.38. The van der Waals surface area contributed by atoms with Crippen LogP contribution >= 0.6 is 0 Å². The molecule has 0 saturated carbocycles. The topological polar surface area (TPSA) is 139 Å². The van der Waals surface area contributed by atoms with E-state index in [2.05, 4.69) is 5.32 Å². The molecule has 1 atom stereocenters. The Bertz CT molecular complexity index is 1530. The van der Waals surface area contributed by atoms with Crippen molar-refractivity contribution >= 4 is 33.2 Å². The first-order valence-electron chi connectivity index (χ1n) is 13.2. The van der Waals surface area contributed by atoms with E-state index in [9.17, 15) is 32.5 Å². The van der Waals surface area contributed by atoms with E-state index in [-0.39, 0.29) is 29.1 Å². The maximum Gasteiger partial charge on any atom is 0.273 e. The Morgan fingerprint density at radius 1 is 1.05 bits per heavy atom. The summed E-state index contributed by atoms with van der Waals surface area (Å²) in [4.78, 5) is 38.7. The number of nitro groups is 1. The Morgan fingerprint density at radius 2 is 1.69 bits per heavy atom. The Kier molecular flexibility index (Phi) is 10.6. The van der Waals surface area contributed by atoms with Gasteiger partial charge < -0.3 is 15.0 Å². The van der Waals surface area contributed by atoms with Crippen molar-refractivity contribution in [1.82, 2.24) is 10.2 Å². The van der Waals surface area contributed by atoms with Crippen molar-refractivity contribution in [3.05, 3.63) is 93.8 Å². The lowest BCUT2D eigenvalue weighted by Crippen LogP contribution is -2.52. The normalized spacial score (nSPS) is 11.8. The zero-order chi connectivity index (χ0) is 31.0. The zero-order valence-corrected chi connectivity index (χ0v) is 24.6. The molecule has 0 heterocycles. The number of carbonyl (C=O) groups excluding carboxylic acids is 2. The van der Waals surface area contributed by atoms with E-state index in [1.807, 2.05) is 0 Å². The molecule has 0 aromatic heterocycles. The lowest BCUT2D eigenvalue weighted by atomic mass is 10.1. The average Bonchev–Trinajstić information content (AvgIpc) is 2.96. The predicted octanol–water partition coefficient (Wildman–Crippen LogP) is 4.19. The smallest absolute Gasteiger partial charge is 0.273 e. The van der Waals surface area contributed by atoms with Gasteiger partial charge in [-0.2, -0.15) is 0 Å². The van der Waals surface area contributed by atoms with Crippen LogP contribution in [0.25, 0.3) is 0 Å². The minimum Gasteiger partial charge on any atom is -0.497 e. The summed E-state index contributed by atoms with van der Waals surface area (Å²) in [5.41, 5.74) is 0.502. The number of amides is 2. The molecule has 13 heteroatoms. The fourth-order valence-corrected chi connectivity index (χ4v) is 5.78. The molecule has 0 saturated heterocycles. The largest absolute Gasteiger partial charge is 0.497 e. The molecule has 0 bridgehead atoms. The summed E-state index contributed by atoms with van der Waals surface area (Å²) in [6.07, 6.45) is 0.220. The van der Waals surface area contributed by atoms with E-state index >= 15 is 0 Å². The van der Waals surface area contributed by atoms with E-state index in [4.69, 9.17) is 4.74 Å². The molecule has 3 rings (SSSR count). The minimum absolute atomic E-state index is 0.0960. The number of sulfonamides is 1. The standard InChI is InChI=1S/C29H33FN4O7S/c1-5-26(29(36)31-6-2)32(18-21-8-10-22(30)11-9-21)28(35)19-33(23-12-14-24(41-4)15-13-23)42(39,40)25-16-7-20(3)27(17-25)34(37)38/h7-17,26H,5-6,18-19H2,1-4H3,(H,31,36). The number of halogens is 1. The predicted molar refractivity (Wildman–Crippen MR) is 155 cm³/mol.